The van der Waals surface area contributed by atoms with Gasteiger partial charge in [-0.15, -0.1) is 0 Å². The Labute approximate surface area is 72.8 Å². The van der Waals surface area contributed by atoms with Crippen LogP contribution in [0.25, 0.3) is 0 Å². The van der Waals surface area contributed by atoms with Crippen LogP contribution in [0.3, 0.4) is 0 Å². The number of hydrogen-bond donors (Lipinski definition) is 0. The van der Waals surface area contributed by atoms with Crippen LogP contribution in [0.15, 0.2) is 0 Å². The zero-order valence-electron chi connectivity index (χ0n) is 6.00. The van der Waals surface area contributed by atoms with Crippen LogP contribution >= 0.6 is 7.92 Å². The van der Waals surface area contributed by atoms with Crippen molar-refractivity contribution in [2.45, 2.75) is 24.2 Å². The third-order valence-corrected chi connectivity index (χ3v) is 2.81. The summed E-state index contributed by atoms with van der Waals surface area (Å²) in [6, 6.07) is 0. The molecule has 0 rings (SSSR count). The van der Waals surface area contributed by atoms with Crippen molar-refractivity contribution in [3.63, 3.8) is 0 Å². The fourth-order valence-electron chi connectivity index (χ4n) is 0.536. The highest BCUT2D eigenvalue weighted by Crippen LogP contribution is 2.68. The molecule has 1 atom stereocenters. The molecule has 0 aliphatic rings. The quantitative estimate of drug-likeness (QED) is 0.513. The number of alkyl halides is 9. The van der Waals surface area contributed by atoms with Gasteiger partial charge in [0.05, 0.1) is 0 Å². The van der Waals surface area contributed by atoms with E-state index >= 15 is 0 Å². The van der Waals surface area contributed by atoms with Gasteiger partial charge in [-0.05, 0) is 0 Å². The van der Waals surface area contributed by atoms with Crippen molar-refractivity contribution in [3.05, 3.63) is 0 Å². The molecule has 0 aromatic rings. The maximum absolute atomic E-state index is 12.0. The van der Waals surface area contributed by atoms with Crippen LogP contribution in [0.4, 0.5) is 39.5 Å². The lowest BCUT2D eigenvalue weighted by Crippen LogP contribution is -2.28. The van der Waals surface area contributed by atoms with Crippen LogP contribution in [0.2, 0.25) is 0 Å². The van der Waals surface area contributed by atoms with E-state index in [1.54, 1.807) is 0 Å². The van der Waals surface area contributed by atoms with Crippen molar-refractivity contribution in [2.75, 3.05) is 0 Å². The average molecular weight is 252 g/mol. The zero-order valence-corrected chi connectivity index (χ0v) is 6.90. The topological polar surface area (TPSA) is 0 Å². The number of halogens is 9. The van der Waals surface area contributed by atoms with Gasteiger partial charge >= 0.3 is 11.8 Å². The van der Waals surface area contributed by atoms with E-state index in [-0.39, 0.29) is 0 Å². The molecule has 0 aliphatic heterocycles. The molecular formula is C4H2F9P. The van der Waals surface area contributed by atoms with Gasteiger partial charge in [0.2, 0.25) is 0 Å². The van der Waals surface area contributed by atoms with E-state index in [0.29, 0.717) is 0 Å². The smallest absolute Gasteiger partial charge is 0.235 e. The van der Waals surface area contributed by atoms with E-state index in [2.05, 4.69) is 0 Å². The van der Waals surface area contributed by atoms with Gasteiger partial charge < -0.3 is 0 Å². The Hall–Kier alpha value is -0.200. The van der Waals surface area contributed by atoms with E-state index < -0.39 is 32.1 Å². The molecule has 0 saturated carbocycles. The van der Waals surface area contributed by atoms with Gasteiger partial charge in [-0.3, -0.25) is 0 Å². The highest BCUT2D eigenvalue weighted by atomic mass is 31.1. The first-order chi connectivity index (χ1) is 5.98. The zero-order chi connectivity index (χ0) is 11.7. The van der Waals surface area contributed by atoms with Gasteiger partial charge in [-0.1, -0.05) is 0 Å². The molecule has 0 aliphatic carbocycles. The van der Waals surface area contributed by atoms with E-state index in [9.17, 15) is 39.5 Å². The Kier molecular flexibility index (Phi) is 4.06. The van der Waals surface area contributed by atoms with Gasteiger partial charge in [0.25, 0.3) is 6.43 Å². The Balaban J connectivity index is 4.94. The van der Waals surface area contributed by atoms with Crippen LogP contribution in [0.5, 0.6) is 0 Å². The van der Waals surface area contributed by atoms with E-state index in [0.717, 1.165) is 0 Å². The lowest BCUT2D eigenvalue weighted by Gasteiger charge is -2.25. The summed E-state index contributed by atoms with van der Waals surface area (Å²) < 4.78 is 104. The van der Waals surface area contributed by atoms with Gasteiger partial charge in [-0.2, -0.15) is 26.3 Å². The predicted molar refractivity (Wildman–Crippen MR) is 29.9 cm³/mol. The van der Waals surface area contributed by atoms with Crippen molar-refractivity contribution in [3.8, 4) is 0 Å². The Morgan fingerprint density at radius 2 is 1.00 bits per heavy atom. The predicted octanol–water partition coefficient (Wildman–Crippen LogP) is 4.07. The maximum Gasteiger partial charge on any atom is 0.416 e. The Morgan fingerprint density at radius 3 is 1.07 bits per heavy atom. The van der Waals surface area contributed by atoms with Crippen LogP contribution in [0, 0.1) is 0 Å². The first kappa shape index (κ1) is 13.8. The Morgan fingerprint density at radius 1 is 0.714 bits per heavy atom. The standard InChI is InChI=1S/C4H2F9P/c5-1(6)2(7)14(3(8,9)10)4(11,12)13/h1-2H. The summed E-state index contributed by atoms with van der Waals surface area (Å²) in [5.41, 5.74) is 0. The molecule has 0 amide bonds. The molecule has 86 valence electrons. The average Bonchev–Trinajstić information content (AvgIpc) is 1.79. The number of hydrogen-bond acceptors (Lipinski definition) is 0. The molecule has 0 heterocycles. The molecule has 1 unspecified atom stereocenters. The molecule has 0 spiro atoms. The third kappa shape index (κ3) is 3.51. The normalized spacial score (nSPS) is 16.5. The van der Waals surface area contributed by atoms with Gasteiger partial charge in [0.1, 0.15) is 0 Å². The third-order valence-electron chi connectivity index (χ3n) is 1.00. The molecule has 0 aromatic carbocycles. The highest BCUT2D eigenvalue weighted by molar-refractivity contribution is 7.60. The molecule has 0 saturated heterocycles. The lowest BCUT2D eigenvalue weighted by atomic mass is 10.8. The summed E-state index contributed by atoms with van der Waals surface area (Å²) in [5, 5.41) is 0. The largest absolute Gasteiger partial charge is 0.416 e. The molecular weight excluding hydrogens is 250 g/mol. The molecule has 0 N–H and O–H groups in total. The van der Waals surface area contributed by atoms with Crippen LogP contribution in [-0.4, -0.2) is 24.2 Å². The van der Waals surface area contributed by atoms with Crippen LogP contribution < -0.4 is 0 Å². The Bertz CT molecular complexity index is 166. The van der Waals surface area contributed by atoms with Gasteiger partial charge in [-0.25, -0.2) is 13.2 Å². The summed E-state index contributed by atoms with van der Waals surface area (Å²) in [4.78, 5) is 0. The maximum atomic E-state index is 12.0. The minimum Gasteiger partial charge on any atom is -0.235 e. The second-order valence-electron chi connectivity index (χ2n) is 2.01. The summed E-state index contributed by atoms with van der Waals surface area (Å²) in [5.74, 6) is -16.3. The molecule has 0 nitrogen and oxygen atoms in total. The summed E-state index contributed by atoms with van der Waals surface area (Å²) in [6.07, 6.45) is -4.30. The molecule has 14 heavy (non-hydrogen) atoms. The van der Waals surface area contributed by atoms with E-state index in [4.69, 9.17) is 0 Å². The summed E-state index contributed by atoms with van der Waals surface area (Å²) in [7, 11) is -5.36. The summed E-state index contributed by atoms with van der Waals surface area (Å²) in [6.45, 7) is 0. The molecule has 10 heteroatoms. The first-order valence-electron chi connectivity index (χ1n) is 2.83. The van der Waals surface area contributed by atoms with Crippen molar-refractivity contribution >= 4 is 7.92 Å². The molecule has 0 radical (unpaired) electrons. The minimum atomic E-state index is -6.01. The van der Waals surface area contributed by atoms with Crippen molar-refractivity contribution < 1.29 is 39.5 Å². The van der Waals surface area contributed by atoms with Gasteiger partial charge in [0, 0.05) is 0 Å². The second-order valence-corrected chi connectivity index (χ2v) is 4.26. The number of rotatable bonds is 2. The SMILES string of the molecule is FC(F)C(F)P(C(F)(F)F)C(F)(F)F. The van der Waals surface area contributed by atoms with Gasteiger partial charge in [0.15, 0.2) is 13.8 Å². The molecule has 0 bridgehead atoms. The first-order valence-corrected chi connectivity index (χ1v) is 4.24. The van der Waals surface area contributed by atoms with Crippen LogP contribution in [-0.2, 0) is 0 Å². The van der Waals surface area contributed by atoms with E-state index in [1.165, 1.54) is 0 Å². The molecule has 0 fully saturated rings. The summed E-state index contributed by atoms with van der Waals surface area (Å²) >= 11 is 0. The fraction of sp³-hybridized carbons (Fsp3) is 1.00. The molecule has 0 aromatic heterocycles. The fourth-order valence-corrected chi connectivity index (χ4v) is 1.61. The van der Waals surface area contributed by atoms with Crippen LogP contribution in [0.1, 0.15) is 0 Å². The monoisotopic (exact) mass is 252 g/mol. The van der Waals surface area contributed by atoms with E-state index in [1.807, 2.05) is 0 Å². The second kappa shape index (κ2) is 4.12. The van der Waals surface area contributed by atoms with Crippen molar-refractivity contribution in [1.29, 1.82) is 0 Å². The van der Waals surface area contributed by atoms with Crippen molar-refractivity contribution in [1.82, 2.24) is 0 Å². The lowest BCUT2D eigenvalue weighted by molar-refractivity contribution is -0.0908. The highest BCUT2D eigenvalue weighted by Gasteiger charge is 2.63. The minimum absolute atomic E-state index is 4.23. The van der Waals surface area contributed by atoms with Crippen molar-refractivity contribution in [2.24, 2.45) is 0 Å².